The van der Waals surface area contributed by atoms with E-state index in [1.807, 2.05) is 44.2 Å². The first-order valence-corrected chi connectivity index (χ1v) is 7.57. The molecular weight excluding hydrogens is 292 g/mol. The molecule has 2 aromatic rings. The summed E-state index contributed by atoms with van der Waals surface area (Å²) in [6.07, 6.45) is 2.16. The van der Waals surface area contributed by atoms with Crippen LogP contribution in [0.5, 0.6) is 0 Å². The predicted molar refractivity (Wildman–Crippen MR) is 87.3 cm³/mol. The van der Waals surface area contributed by atoms with Gasteiger partial charge in [0.15, 0.2) is 0 Å². The van der Waals surface area contributed by atoms with Crippen molar-refractivity contribution in [3.63, 3.8) is 0 Å². The van der Waals surface area contributed by atoms with E-state index in [2.05, 4.69) is 4.98 Å². The largest absolute Gasteiger partial charge is 0.477 e. The van der Waals surface area contributed by atoms with Gasteiger partial charge in [-0.2, -0.15) is 0 Å². The van der Waals surface area contributed by atoms with Crippen molar-refractivity contribution in [2.75, 3.05) is 0 Å². The van der Waals surface area contributed by atoms with Gasteiger partial charge >= 0.3 is 5.97 Å². The summed E-state index contributed by atoms with van der Waals surface area (Å²) in [5, 5.41) is 8.89. The molecule has 23 heavy (non-hydrogen) atoms. The molecule has 1 amide bonds. The van der Waals surface area contributed by atoms with E-state index in [1.165, 1.54) is 18.3 Å². The number of benzene rings is 1. The summed E-state index contributed by atoms with van der Waals surface area (Å²) in [5.41, 5.74) is 1.38. The highest BCUT2D eigenvalue weighted by molar-refractivity contribution is 5.95. The van der Waals surface area contributed by atoms with Gasteiger partial charge in [-0.05, 0) is 31.0 Å². The van der Waals surface area contributed by atoms with Crippen LogP contribution in [-0.2, 0) is 6.54 Å². The van der Waals surface area contributed by atoms with Crippen LogP contribution in [0.4, 0.5) is 0 Å². The standard InChI is InChI=1S/C18H20N2O3/c1-3-13(2)20(12-14-7-5-4-6-8-14)17(21)15-9-10-16(18(22)23)19-11-15/h4-11,13H,3,12H2,1-2H3,(H,22,23). The summed E-state index contributed by atoms with van der Waals surface area (Å²) in [7, 11) is 0. The van der Waals surface area contributed by atoms with Gasteiger partial charge in [0.05, 0.1) is 5.56 Å². The molecule has 1 aromatic heterocycles. The van der Waals surface area contributed by atoms with Gasteiger partial charge in [-0.1, -0.05) is 37.3 Å². The highest BCUT2D eigenvalue weighted by atomic mass is 16.4. The van der Waals surface area contributed by atoms with Crippen molar-refractivity contribution >= 4 is 11.9 Å². The van der Waals surface area contributed by atoms with Crippen LogP contribution in [0.25, 0.3) is 0 Å². The summed E-state index contributed by atoms with van der Waals surface area (Å²) in [6.45, 7) is 4.54. The Balaban J connectivity index is 2.24. The second-order valence-electron chi connectivity index (χ2n) is 5.41. The number of carboxylic acid groups (broad SMARTS) is 1. The average molecular weight is 312 g/mol. The minimum Gasteiger partial charge on any atom is -0.477 e. The van der Waals surface area contributed by atoms with Crippen molar-refractivity contribution < 1.29 is 14.7 Å². The normalized spacial score (nSPS) is 11.7. The molecule has 1 aromatic carbocycles. The lowest BCUT2D eigenvalue weighted by Gasteiger charge is -2.29. The van der Waals surface area contributed by atoms with Crippen LogP contribution in [0.2, 0.25) is 0 Å². The van der Waals surface area contributed by atoms with Gasteiger partial charge in [0.25, 0.3) is 5.91 Å². The van der Waals surface area contributed by atoms with Crippen molar-refractivity contribution in [1.29, 1.82) is 0 Å². The molecule has 120 valence electrons. The number of aromatic carboxylic acids is 1. The first kappa shape index (κ1) is 16.7. The Kier molecular flexibility index (Phi) is 5.46. The first-order valence-electron chi connectivity index (χ1n) is 7.57. The minimum atomic E-state index is -1.10. The molecule has 1 atom stereocenters. The molecule has 1 unspecified atom stereocenters. The summed E-state index contributed by atoms with van der Waals surface area (Å²) in [4.78, 5) is 29.2. The Labute approximate surface area is 135 Å². The van der Waals surface area contributed by atoms with Crippen LogP contribution in [0.15, 0.2) is 48.7 Å². The molecular formula is C18H20N2O3. The van der Waals surface area contributed by atoms with Crippen molar-refractivity contribution in [2.24, 2.45) is 0 Å². The highest BCUT2D eigenvalue weighted by Gasteiger charge is 2.21. The Hall–Kier alpha value is -2.69. The van der Waals surface area contributed by atoms with Crippen LogP contribution in [-0.4, -0.2) is 32.9 Å². The molecule has 0 aliphatic heterocycles. The van der Waals surface area contributed by atoms with E-state index >= 15 is 0 Å². The van der Waals surface area contributed by atoms with Crippen LogP contribution in [0.1, 0.15) is 46.7 Å². The number of amides is 1. The molecule has 0 saturated heterocycles. The van der Waals surface area contributed by atoms with E-state index in [9.17, 15) is 9.59 Å². The van der Waals surface area contributed by atoms with E-state index < -0.39 is 5.97 Å². The molecule has 0 fully saturated rings. The molecule has 0 radical (unpaired) electrons. The van der Waals surface area contributed by atoms with Crippen LogP contribution < -0.4 is 0 Å². The predicted octanol–water partition coefficient (Wildman–Crippen LogP) is 3.22. The highest BCUT2D eigenvalue weighted by Crippen LogP contribution is 2.15. The smallest absolute Gasteiger partial charge is 0.354 e. The maximum Gasteiger partial charge on any atom is 0.354 e. The molecule has 1 heterocycles. The molecule has 0 saturated carbocycles. The van der Waals surface area contributed by atoms with Gasteiger partial charge in [0.2, 0.25) is 0 Å². The van der Waals surface area contributed by atoms with E-state index in [-0.39, 0.29) is 17.6 Å². The van der Waals surface area contributed by atoms with Crippen molar-refractivity contribution in [1.82, 2.24) is 9.88 Å². The topological polar surface area (TPSA) is 70.5 Å². The van der Waals surface area contributed by atoms with Gasteiger partial charge < -0.3 is 10.0 Å². The third kappa shape index (κ3) is 4.16. The third-order valence-electron chi connectivity index (χ3n) is 3.81. The SMILES string of the molecule is CCC(C)N(Cc1ccccc1)C(=O)c1ccc(C(=O)O)nc1. The maximum absolute atomic E-state index is 12.8. The van der Waals surface area contributed by atoms with Gasteiger partial charge in [-0.3, -0.25) is 4.79 Å². The van der Waals surface area contributed by atoms with Crippen molar-refractivity contribution in [3.8, 4) is 0 Å². The van der Waals surface area contributed by atoms with E-state index in [1.54, 1.807) is 4.90 Å². The number of nitrogens with zero attached hydrogens (tertiary/aromatic N) is 2. The molecule has 5 heteroatoms. The summed E-state index contributed by atoms with van der Waals surface area (Å²) in [5.74, 6) is -1.25. The number of carboxylic acids is 1. The minimum absolute atomic E-state index is 0.0697. The summed E-state index contributed by atoms with van der Waals surface area (Å²) in [6, 6.07) is 12.7. The van der Waals surface area contributed by atoms with Crippen LogP contribution in [0.3, 0.4) is 0 Å². The van der Waals surface area contributed by atoms with Gasteiger partial charge in [0, 0.05) is 18.8 Å². The fraction of sp³-hybridized carbons (Fsp3) is 0.278. The lowest BCUT2D eigenvalue weighted by atomic mass is 10.1. The number of hydrogen-bond donors (Lipinski definition) is 1. The van der Waals surface area contributed by atoms with E-state index in [0.29, 0.717) is 12.1 Å². The first-order chi connectivity index (χ1) is 11.0. The number of pyridine rings is 1. The number of rotatable bonds is 6. The van der Waals surface area contributed by atoms with Gasteiger partial charge in [-0.15, -0.1) is 0 Å². The van der Waals surface area contributed by atoms with Gasteiger partial charge in [-0.25, -0.2) is 9.78 Å². The molecule has 0 bridgehead atoms. The molecule has 0 aliphatic rings. The third-order valence-corrected chi connectivity index (χ3v) is 3.81. The summed E-state index contributed by atoms with van der Waals surface area (Å²) < 4.78 is 0. The fourth-order valence-corrected chi connectivity index (χ4v) is 2.24. The van der Waals surface area contributed by atoms with Crippen LogP contribution >= 0.6 is 0 Å². The Morgan fingerprint density at radius 3 is 2.39 bits per heavy atom. The Morgan fingerprint density at radius 1 is 1.17 bits per heavy atom. The molecule has 0 aliphatic carbocycles. The Morgan fingerprint density at radius 2 is 1.87 bits per heavy atom. The Bertz CT molecular complexity index is 668. The fourth-order valence-electron chi connectivity index (χ4n) is 2.24. The van der Waals surface area contributed by atoms with E-state index in [4.69, 9.17) is 5.11 Å². The zero-order valence-electron chi connectivity index (χ0n) is 13.3. The van der Waals surface area contributed by atoms with Crippen molar-refractivity contribution in [2.45, 2.75) is 32.9 Å². The lowest BCUT2D eigenvalue weighted by molar-refractivity contribution is 0.0662. The second-order valence-corrected chi connectivity index (χ2v) is 5.41. The zero-order valence-corrected chi connectivity index (χ0v) is 13.3. The maximum atomic E-state index is 12.8. The lowest BCUT2D eigenvalue weighted by Crippen LogP contribution is -2.37. The van der Waals surface area contributed by atoms with Crippen molar-refractivity contribution in [3.05, 3.63) is 65.5 Å². The van der Waals surface area contributed by atoms with Gasteiger partial charge in [0.1, 0.15) is 5.69 Å². The number of hydrogen-bond acceptors (Lipinski definition) is 3. The van der Waals surface area contributed by atoms with E-state index in [0.717, 1.165) is 12.0 Å². The molecule has 0 spiro atoms. The van der Waals surface area contributed by atoms with Crippen LogP contribution in [0, 0.1) is 0 Å². The number of aromatic nitrogens is 1. The zero-order chi connectivity index (χ0) is 16.8. The number of carbonyl (C=O) groups is 2. The quantitative estimate of drug-likeness (QED) is 0.889. The summed E-state index contributed by atoms with van der Waals surface area (Å²) >= 11 is 0. The molecule has 5 nitrogen and oxygen atoms in total. The second kappa shape index (κ2) is 7.54. The number of carbonyl (C=O) groups excluding carboxylic acids is 1. The monoisotopic (exact) mass is 312 g/mol. The molecule has 2 rings (SSSR count). The molecule has 1 N–H and O–H groups in total. The average Bonchev–Trinajstić information content (AvgIpc) is 2.59.